The van der Waals surface area contributed by atoms with Gasteiger partial charge in [-0.2, -0.15) is 4.31 Å². The lowest BCUT2D eigenvalue weighted by atomic mass is 10.3. The molecule has 0 spiro atoms. The molecule has 1 aliphatic heterocycles. The highest BCUT2D eigenvalue weighted by molar-refractivity contribution is 7.89. The van der Waals surface area contributed by atoms with Gasteiger partial charge in [-0.25, -0.2) is 8.42 Å². The normalized spacial score (nSPS) is 16.7. The van der Waals surface area contributed by atoms with Crippen LogP contribution in [0.4, 0.5) is 0 Å². The molecule has 0 atom stereocenters. The second kappa shape index (κ2) is 6.76. The van der Waals surface area contributed by atoms with E-state index < -0.39 is 10.0 Å². The summed E-state index contributed by atoms with van der Waals surface area (Å²) >= 11 is 5.95. The summed E-state index contributed by atoms with van der Waals surface area (Å²) in [6.45, 7) is 2.30. The molecule has 1 aliphatic rings. The summed E-state index contributed by atoms with van der Waals surface area (Å²) < 4.78 is 31.1. The van der Waals surface area contributed by atoms with E-state index in [1.165, 1.54) is 23.5 Å². The van der Waals surface area contributed by atoms with Gasteiger partial charge < -0.3 is 10.1 Å². The third-order valence-corrected chi connectivity index (χ3v) is 5.03. The van der Waals surface area contributed by atoms with Crippen molar-refractivity contribution in [1.82, 2.24) is 9.62 Å². The van der Waals surface area contributed by atoms with Crippen LogP contribution in [0.3, 0.4) is 0 Å². The first-order valence-corrected chi connectivity index (χ1v) is 7.42. The molecule has 0 saturated carbocycles. The van der Waals surface area contributed by atoms with Gasteiger partial charge in [-0.1, -0.05) is 11.6 Å². The Bertz CT molecular complexity index is 531. The van der Waals surface area contributed by atoms with Crippen molar-refractivity contribution >= 4 is 34.0 Å². The summed E-state index contributed by atoms with van der Waals surface area (Å²) in [5, 5.41) is 3.42. The Labute approximate surface area is 124 Å². The number of hydrogen-bond acceptors (Lipinski definition) is 4. The van der Waals surface area contributed by atoms with Gasteiger partial charge in [0.05, 0.1) is 17.0 Å². The zero-order valence-corrected chi connectivity index (χ0v) is 12.8. The van der Waals surface area contributed by atoms with E-state index in [1.807, 2.05) is 0 Å². The van der Waals surface area contributed by atoms with Crippen LogP contribution >= 0.6 is 24.0 Å². The molecule has 1 fully saturated rings. The molecule has 1 aromatic rings. The minimum Gasteiger partial charge on any atom is -0.495 e. The van der Waals surface area contributed by atoms with Crippen molar-refractivity contribution in [1.29, 1.82) is 0 Å². The molecule has 1 heterocycles. The Hall–Kier alpha value is -0.530. The Morgan fingerprint density at radius 1 is 1.32 bits per heavy atom. The van der Waals surface area contributed by atoms with Crippen molar-refractivity contribution < 1.29 is 13.2 Å². The first-order chi connectivity index (χ1) is 8.55. The summed E-state index contributed by atoms with van der Waals surface area (Å²) in [7, 11) is -1.96. The van der Waals surface area contributed by atoms with Gasteiger partial charge in [0.15, 0.2) is 0 Å². The highest BCUT2D eigenvalue weighted by Crippen LogP contribution is 2.28. The van der Waals surface area contributed by atoms with Crippen LogP contribution in [0, 0.1) is 0 Å². The van der Waals surface area contributed by atoms with E-state index in [0.29, 0.717) is 37.0 Å². The van der Waals surface area contributed by atoms with Gasteiger partial charge in [0, 0.05) is 26.2 Å². The van der Waals surface area contributed by atoms with Crippen molar-refractivity contribution in [2.45, 2.75) is 4.90 Å². The van der Waals surface area contributed by atoms with Crippen molar-refractivity contribution in [2.24, 2.45) is 0 Å². The lowest BCUT2D eigenvalue weighted by Crippen LogP contribution is -2.46. The minimum absolute atomic E-state index is 0. The lowest BCUT2D eigenvalue weighted by Gasteiger charge is -2.26. The highest BCUT2D eigenvalue weighted by Gasteiger charge is 2.26. The quantitative estimate of drug-likeness (QED) is 0.911. The molecular weight excluding hydrogens is 311 g/mol. The topological polar surface area (TPSA) is 58.6 Å². The van der Waals surface area contributed by atoms with Gasteiger partial charge in [0.1, 0.15) is 5.75 Å². The Morgan fingerprint density at radius 3 is 2.47 bits per heavy atom. The van der Waals surface area contributed by atoms with E-state index in [4.69, 9.17) is 16.3 Å². The van der Waals surface area contributed by atoms with Crippen molar-refractivity contribution in [2.75, 3.05) is 33.3 Å². The fraction of sp³-hybridized carbons (Fsp3) is 0.455. The second-order valence-corrected chi connectivity index (χ2v) is 6.30. The van der Waals surface area contributed by atoms with Crippen LogP contribution in [0.25, 0.3) is 0 Å². The molecule has 0 radical (unpaired) electrons. The van der Waals surface area contributed by atoms with Gasteiger partial charge in [0.25, 0.3) is 0 Å². The van der Waals surface area contributed by atoms with Gasteiger partial charge in [-0.05, 0) is 18.2 Å². The maximum atomic E-state index is 12.3. The first kappa shape index (κ1) is 16.5. The molecule has 1 saturated heterocycles. The predicted molar refractivity (Wildman–Crippen MR) is 76.9 cm³/mol. The van der Waals surface area contributed by atoms with Crippen molar-refractivity contribution in [3.63, 3.8) is 0 Å². The number of methoxy groups -OCH3 is 1. The van der Waals surface area contributed by atoms with Gasteiger partial charge >= 0.3 is 0 Å². The summed E-state index contributed by atoms with van der Waals surface area (Å²) in [4.78, 5) is 0.204. The van der Waals surface area contributed by atoms with Gasteiger partial charge in [0.2, 0.25) is 10.0 Å². The van der Waals surface area contributed by atoms with Crippen LogP contribution in [0.2, 0.25) is 5.02 Å². The molecule has 8 heteroatoms. The van der Waals surface area contributed by atoms with E-state index >= 15 is 0 Å². The highest BCUT2D eigenvalue weighted by atomic mass is 35.5. The molecule has 1 aromatic carbocycles. The molecule has 108 valence electrons. The number of benzene rings is 1. The molecule has 0 unspecified atom stereocenters. The lowest BCUT2D eigenvalue weighted by molar-refractivity contribution is 0.360. The Kier molecular flexibility index (Phi) is 5.88. The average Bonchev–Trinajstić information content (AvgIpc) is 2.39. The van der Waals surface area contributed by atoms with Crippen molar-refractivity contribution in [3.8, 4) is 5.75 Å². The standard InChI is InChI=1S/C11H15ClN2O3S.ClH/c1-17-11-3-2-9(8-10(11)12)18(15,16)14-6-4-13-5-7-14;/h2-3,8,13H,4-7H2,1H3;1H. The average molecular weight is 327 g/mol. The van der Waals surface area contributed by atoms with E-state index in [2.05, 4.69) is 5.32 Å². The Morgan fingerprint density at radius 2 is 1.95 bits per heavy atom. The van der Waals surface area contributed by atoms with E-state index in [0.717, 1.165) is 0 Å². The van der Waals surface area contributed by atoms with Crippen LogP contribution < -0.4 is 10.1 Å². The Balaban J connectivity index is 0.00000180. The SMILES string of the molecule is COc1ccc(S(=O)(=O)N2CCNCC2)cc1Cl.Cl. The molecule has 0 amide bonds. The van der Waals surface area contributed by atoms with Crippen LogP contribution in [-0.4, -0.2) is 46.0 Å². The van der Waals surface area contributed by atoms with Crippen LogP contribution in [0.15, 0.2) is 23.1 Å². The molecular formula is C11H16Cl2N2O3S. The number of nitrogens with one attached hydrogen (secondary N) is 1. The summed E-state index contributed by atoms with van der Waals surface area (Å²) in [6, 6.07) is 4.51. The largest absolute Gasteiger partial charge is 0.495 e. The number of ether oxygens (including phenoxy) is 1. The molecule has 19 heavy (non-hydrogen) atoms. The van der Waals surface area contributed by atoms with E-state index in [1.54, 1.807) is 6.07 Å². The minimum atomic E-state index is -3.46. The number of sulfonamides is 1. The number of piperazine rings is 1. The van der Waals surface area contributed by atoms with E-state index in [9.17, 15) is 8.42 Å². The number of nitrogens with zero attached hydrogens (tertiary/aromatic N) is 1. The maximum absolute atomic E-state index is 12.3. The number of hydrogen-bond donors (Lipinski definition) is 1. The molecule has 1 N–H and O–H groups in total. The maximum Gasteiger partial charge on any atom is 0.243 e. The van der Waals surface area contributed by atoms with Crippen LogP contribution in [-0.2, 0) is 10.0 Å². The number of rotatable bonds is 3. The molecule has 5 nitrogen and oxygen atoms in total. The third kappa shape index (κ3) is 3.52. The fourth-order valence-corrected chi connectivity index (χ4v) is 3.63. The number of halogens is 2. The smallest absolute Gasteiger partial charge is 0.243 e. The third-order valence-electron chi connectivity index (χ3n) is 2.84. The fourth-order valence-electron chi connectivity index (χ4n) is 1.84. The monoisotopic (exact) mass is 326 g/mol. The predicted octanol–water partition coefficient (Wildman–Crippen LogP) is 1.36. The second-order valence-electron chi connectivity index (χ2n) is 3.95. The molecule has 2 rings (SSSR count). The molecule has 0 aliphatic carbocycles. The first-order valence-electron chi connectivity index (χ1n) is 5.60. The van der Waals surface area contributed by atoms with Gasteiger partial charge in [-0.15, -0.1) is 12.4 Å². The van der Waals surface area contributed by atoms with Gasteiger partial charge in [-0.3, -0.25) is 0 Å². The zero-order chi connectivity index (χ0) is 13.2. The summed E-state index contributed by atoms with van der Waals surface area (Å²) in [5.41, 5.74) is 0. The molecule has 0 aromatic heterocycles. The molecule has 0 bridgehead atoms. The van der Waals surface area contributed by atoms with Crippen LogP contribution in [0.5, 0.6) is 5.75 Å². The zero-order valence-electron chi connectivity index (χ0n) is 10.4. The van der Waals surface area contributed by atoms with Crippen LogP contribution in [0.1, 0.15) is 0 Å². The summed E-state index contributed by atoms with van der Waals surface area (Å²) in [5.74, 6) is 0.468. The van der Waals surface area contributed by atoms with Crippen molar-refractivity contribution in [3.05, 3.63) is 23.2 Å². The summed E-state index contributed by atoms with van der Waals surface area (Å²) in [6.07, 6.45) is 0. The van der Waals surface area contributed by atoms with E-state index in [-0.39, 0.29) is 17.3 Å².